The van der Waals surface area contributed by atoms with Gasteiger partial charge in [0.1, 0.15) is 53.9 Å². The van der Waals surface area contributed by atoms with Crippen LogP contribution < -0.4 is 55.4 Å². The number of hydrogen-bond donors (Lipinski definition) is 2. The molecule has 2 saturated heterocycles. The summed E-state index contributed by atoms with van der Waals surface area (Å²) >= 11 is 0. The van der Waals surface area contributed by atoms with E-state index in [0.29, 0.717) is 122 Å². The summed E-state index contributed by atoms with van der Waals surface area (Å²) < 4.78 is 56.3. The largest absolute Gasteiger partial charge is 0.490 e. The van der Waals surface area contributed by atoms with Gasteiger partial charge in [-0.05, 0) is 93.4 Å². The average Bonchev–Trinajstić information content (AvgIpc) is 3.84. The van der Waals surface area contributed by atoms with E-state index in [4.69, 9.17) is 42.3 Å². The molecule has 1 aromatic heterocycles. The zero-order chi connectivity index (χ0) is 49.2. The van der Waals surface area contributed by atoms with E-state index in [1.54, 1.807) is 12.1 Å². The lowest BCUT2D eigenvalue weighted by atomic mass is 10.1. The summed E-state index contributed by atoms with van der Waals surface area (Å²) in [5, 5.41) is 2.46. The number of aryl methyl sites for hydroxylation is 2. The molecule has 0 radical (unpaired) electrons. The highest BCUT2D eigenvalue weighted by Crippen LogP contribution is 2.44. The molecular weight excluding hydrogens is 907 g/mol. The zero-order valence-electron chi connectivity index (χ0n) is 41.8. The molecule has 0 saturated carbocycles. The average molecular weight is 976 g/mol. The zero-order valence-corrected chi connectivity index (χ0v) is 41.8. The third-order valence-electron chi connectivity index (χ3n) is 13.3. The number of ether oxygens (including phenoxy) is 8. The molecule has 0 amide bonds. The third-order valence-corrected chi connectivity index (χ3v) is 13.3. The first-order valence-corrected chi connectivity index (χ1v) is 24.9. The molecule has 0 atom stereocenters. The van der Waals surface area contributed by atoms with Crippen LogP contribution in [0.5, 0.6) is 17.2 Å². The maximum absolute atomic E-state index is 13.5. The fourth-order valence-corrected chi connectivity index (χ4v) is 9.32. The number of hydrogen-bond acceptors (Lipinski definition) is 17. The molecule has 71 heavy (non-hydrogen) atoms. The highest BCUT2D eigenvalue weighted by molar-refractivity contribution is 5.84. The molecule has 5 aliphatic heterocycles. The van der Waals surface area contributed by atoms with E-state index in [0.717, 1.165) is 81.7 Å². The van der Waals surface area contributed by atoms with Crippen LogP contribution >= 0.6 is 0 Å². The summed E-state index contributed by atoms with van der Waals surface area (Å²) in [4.78, 5) is 22.5. The van der Waals surface area contributed by atoms with Crippen molar-refractivity contribution in [2.45, 2.75) is 33.2 Å². The molecule has 380 valence electrons. The van der Waals surface area contributed by atoms with Crippen molar-refractivity contribution in [1.82, 2.24) is 11.0 Å². The van der Waals surface area contributed by atoms with Crippen LogP contribution in [0.3, 0.4) is 0 Å². The Morgan fingerprint density at radius 2 is 1.30 bits per heavy atom. The van der Waals surface area contributed by atoms with Crippen molar-refractivity contribution in [3.63, 3.8) is 0 Å². The van der Waals surface area contributed by atoms with Crippen molar-refractivity contribution >= 4 is 45.1 Å². The molecule has 10 rings (SSSR count). The van der Waals surface area contributed by atoms with Crippen molar-refractivity contribution in [3.8, 4) is 17.2 Å². The molecular formula is C54H69N7O10. The maximum atomic E-state index is 13.5. The van der Waals surface area contributed by atoms with E-state index >= 15 is 0 Å². The molecule has 5 aliphatic rings. The second-order valence-electron chi connectivity index (χ2n) is 18.2. The van der Waals surface area contributed by atoms with E-state index in [-0.39, 0.29) is 5.54 Å². The Hall–Kier alpha value is -6.21. The fourth-order valence-electron chi connectivity index (χ4n) is 9.32. The topological polar surface area (TPSA) is 144 Å². The quantitative estimate of drug-likeness (QED) is 0.0677. The molecule has 2 fully saturated rings. The van der Waals surface area contributed by atoms with Crippen molar-refractivity contribution < 1.29 is 42.3 Å². The molecule has 17 nitrogen and oxygen atoms in total. The minimum absolute atomic E-state index is 0.326. The summed E-state index contributed by atoms with van der Waals surface area (Å²) in [5.41, 5.74) is 14.1. The predicted molar refractivity (Wildman–Crippen MR) is 278 cm³/mol. The lowest BCUT2D eigenvalue weighted by Gasteiger charge is -2.29. The fraction of sp³-hybridized carbons (Fsp3) is 0.463. The Bertz CT molecular complexity index is 2650. The van der Waals surface area contributed by atoms with Crippen LogP contribution in [0.4, 0.5) is 28.4 Å². The summed E-state index contributed by atoms with van der Waals surface area (Å²) in [5.74, 6) is 2.23. The molecule has 2 N–H and O–H groups in total. The van der Waals surface area contributed by atoms with Crippen LogP contribution in [0.15, 0.2) is 94.3 Å². The number of methoxy groups -OCH3 is 1. The van der Waals surface area contributed by atoms with Gasteiger partial charge in [-0.3, -0.25) is 5.01 Å². The Labute approximate surface area is 416 Å². The van der Waals surface area contributed by atoms with Gasteiger partial charge in [0.05, 0.1) is 95.3 Å². The third kappa shape index (κ3) is 11.9. The molecule has 4 aromatic carbocycles. The van der Waals surface area contributed by atoms with Crippen LogP contribution in [0.25, 0.3) is 16.7 Å². The van der Waals surface area contributed by atoms with Gasteiger partial charge in [-0.25, -0.2) is 4.79 Å². The highest BCUT2D eigenvalue weighted by Gasteiger charge is 2.53. The summed E-state index contributed by atoms with van der Waals surface area (Å²) in [7, 11) is 1.66. The van der Waals surface area contributed by atoms with Crippen molar-refractivity contribution in [3.05, 3.63) is 112 Å². The standard InChI is InChI=1S/C54H69N7O10/c1-6-57(7-2)43-12-10-42-32-48(53(62)71-49(42)34-43)61-35-44(55-56-61)41-11-15-46(52(33-41)70-29-24-63-5)59-18-22-68-50-30-39(3)8-13-45(50)58-16-20-64-25-27-66-37-54(38-67-28-26-65-21-17-58)36-60(54)47-14-9-40(4)31-51(47)69-23-19-59/h8-15,30-35,55-56H,6-7,16-29,36-38H2,1-5H3. The van der Waals surface area contributed by atoms with Gasteiger partial charge in [0.15, 0.2) is 0 Å². The van der Waals surface area contributed by atoms with Crippen LogP contribution in [0.1, 0.15) is 30.5 Å². The first-order valence-electron chi connectivity index (χ1n) is 24.9. The SMILES string of the molecule is CCN(CC)c1ccc2cc(N3C=C(c4ccc(N5CCOc6cc(C)ccc6N6CCOCCOCC7(COCCOCC6)CN7c6ccc(C)cc6OCC5)c(OCCOC)c4)NN3)c(=O)oc2c1. The number of anilines is 5. The summed E-state index contributed by atoms with van der Waals surface area (Å²) in [6.07, 6.45) is 1.84. The van der Waals surface area contributed by atoms with Crippen LogP contribution in [-0.4, -0.2) is 138 Å². The number of nitrogens with one attached hydrogen (secondary N) is 2. The van der Waals surface area contributed by atoms with Crippen molar-refractivity contribution in [2.75, 3.05) is 157 Å². The molecule has 0 aliphatic carbocycles. The van der Waals surface area contributed by atoms with Gasteiger partial charge in [-0.1, -0.05) is 18.2 Å². The van der Waals surface area contributed by atoms with Crippen molar-refractivity contribution in [2.24, 2.45) is 0 Å². The summed E-state index contributed by atoms with van der Waals surface area (Å²) in [6, 6.07) is 26.6. The van der Waals surface area contributed by atoms with Gasteiger partial charge in [0, 0.05) is 68.7 Å². The smallest absolute Gasteiger partial charge is 0.361 e. The van der Waals surface area contributed by atoms with E-state index < -0.39 is 5.63 Å². The second-order valence-corrected chi connectivity index (χ2v) is 18.2. The van der Waals surface area contributed by atoms with E-state index in [1.165, 1.54) is 0 Å². The van der Waals surface area contributed by atoms with Crippen molar-refractivity contribution in [1.29, 1.82) is 0 Å². The van der Waals surface area contributed by atoms with Gasteiger partial charge >= 0.3 is 5.63 Å². The first-order chi connectivity index (χ1) is 34.7. The van der Waals surface area contributed by atoms with E-state index in [2.05, 4.69) is 107 Å². The first kappa shape index (κ1) is 49.8. The lowest BCUT2D eigenvalue weighted by molar-refractivity contribution is 0.00756. The normalized spacial score (nSPS) is 18.1. The Morgan fingerprint density at radius 3 is 1.99 bits per heavy atom. The minimum atomic E-state index is -0.461. The molecule has 0 unspecified atom stereocenters. The van der Waals surface area contributed by atoms with Crippen LogP contribution in [0.2, 0.25) is 0 Å². The Kier molecular flexibility index (Phi) is 16.4. The maximum Gasteiger partial charge on any atom is 0.361 e. The number of nitrogens with zero attached hydrogens (tertiary/aromatic N) is 5. The number of hydrazine groups is 2. The Balaban J connectivity index is 1.03. The van der Waals surface area contributed by atoms with Gasteiger partial charge in [0.2, 0.25) is 0 Å². The Morgan fingerprint density at radius 1 is 0.662 bits per heavy atom. The highest BCUT2D eigenvalue weighted by atomic mass is 16.5. The van der Waals surface area contributed by atoms with Gasteiger partial charge < -0.3 is 67.3 Å². The molecule has 17 heteroatoms. The second kappa shape index (κ2) is 23.3. The predicted octanol–water partition coefficient (Wildman–Crippen LogP) is 6.53. The van der Waals surface area contributed by atoms with Gasteiger partial charge in [-0.2, -0.15) is 0 Å². The van der Waals surface area contributed by atoms with Crippen LogP contribution in [-0.2, 0) is 23.7 Å². The minimum Gasteiger partial charge on any atom is -0.490 e. The van der Waals surface area contributed by atoms with E-state index in [9.17, 15) is 4.79 Å². The molecule has 1 spiro atoms. The van der Waals surface area contributed by atoms with E-state index in [1.807, 2.05) is 36.5 Å². The number of fused-ring (bicyclic) bond motifs is 19. The van der Waals surface area contributed by atoms with Crippen LogP contribution in [0, 0.1) is 13.8 Å². The van der Waals surface area contributed by atoms with Gasteiger partial charge in [0.25, 0.3) is 0 Å². The number of benzene rings is 4. The molecule has 2 bridgehead atoms. The summed E-state index contributed by atoms with van der Waals surface area (Å²) in [6.45, 7) is 18.6. The van der Waals surface area contributed by atoms with Gasteiger partial charge in [-0.15, -0.1) is 5.53 Å². The number of rotatable bonds is 10. The molecule has 5 aromatic rings. The lowest BCUT2D eigenvalue weighted by Crippen LogP contribution is -2.38. The molecule has 6 heterocycles. The monoisotopic (exact) mass is 976 g/mol.